The second kappa shape index (κ2) is 8.33. The summed E-state index contributed by atoms with van der Waals surface area (Å²) in [5.41, 5.74) is -0.973. The molecule has 9 heteroatoms. The Morgan fingerprint density at radius 1 is 1.20 bits per heavy atom. The number of nitrogens with one attached hydrogen (secondary N) is 2. The van der Waals surface area contributed by atoms with Crippen LogP contribution in [0.15, 0.2) is 41.2 Å². The van der Waals surface area contributed by atoms with Gasteiger partial charge in [0.1, 0.15) is 5.82 Å². The Hall–Kier alpha value is -3.10. The number of carbonyl (C=O) groups is 1. The van der Waals surface area contributed by atoms with E-state index in [1.54, 1.807) is 0 Å². The van der Waals surface area contributed by atoms with Crippen molar-refractivity contribution in [2.75, 3.05) is 6.54 Å². The van der Waals surface area contributed by atoms with Gasteiger partial charge in [-0.05, 0) is 49.2 Å². The van der Waals surface area contributed by atoms with Crippen LogP contribution >= 0.6 is 0 Å². The van der Waals surface area contributed by atoms with Crippen molar-refractivity contribution >= 4 is 16.8 Å². The molecule has 3 aromatic rings. The molecule has 1 unspecified atom stereocenters. The molecule has 0 fully saturated rings. The number of benzene rings is 2. The number of H-pyrrole nitrogens is 1. The summed E-state index contributed by atoms with van der Waals surface area (Å²) in [4.78, 5) is 24.9. The lowest BCUT2D eigenvalue weighted by Gasteiger charge is -2.15. The minimum atomic E-state index is -4.84. The minimum absolute atomic E-state index is 0.120. The highest BCUT2D eigenvalue weighted by atomic mass is 19.4. The first kappa shape index (κ1) is 21.6. The van der Waals surface area contributed by atoms with Crippen molar-refractivity contribution in [3.8, 4) is 0 Å². The van der Waals surface area contributed by atoms with E-state index < -0.39 is 29.2 Å². The van der Waals surface area contributed by atoms with E-state index >= 15 is 0 Å². The number of alkyl halides is 3. The zero-order valence-electron chi connectivity index (χ0n) is 16.4. The van der Waals surface area contributed by atoms with Crippen LogP contribution in [0.4, 0.5) is 17.6 Å². The van der Waals surface area contributed by atoms with Gasteiger partial charge in [0.05, 0.1) is 22.5 Å². The average Bonchev–Trinajstić information content (AvgIpc) is 3.03. The SMILES string of the molecule is CCCCNC(=O)c1ccc2c(=O)n(C(C)c3ccc(F)c(C(F)(F)F)c3)[nH]c2c1. The van der Waals surface area contributed by atoms with Gasteiger partial charge in [-0.3, -0.25) is 14.7 Å². The van der Waals surface area contributed by atoms with Gasteiger partial charge in [0.2, 0.25) is 0 Å². The summed E-state index contributed by atoms with van der Waals surface area (Å²) in [6, 6.07) is 6.37. The van der Waals surface area contributed by atoms with Gasteiger partial charge in [-0.15, -0.1) is 0 Å². The number of unbranched alkanes of at least 4 members (excludes halogenated alkanes) is 1. The summed E-state index contributed by atoms with van der Waals surface area (Å²) < 4.78 is 53.8. The van der Waals surface area contributed by atoms with Crippen LogP contribution < -0.4 is 10.9 Å². The number of aromatic nitrogens is 2. The van der Waals surface area contributed by atoms with Crippen LogP contribution in [0.25, 0.3) is 10.9 Å². The summed E-state index contributed by atoms with van der Waals surface area (Å²) in [6.45, 7) is 4.07. The first-order valence-electron chi connectivity index (χ1n) is 9.52. The van der Waals surface area contributed by atoms with E-state index in [1.165, 1.54) is 31.2 Å². The van der Waals surface area contributed by atoms with Gasteiger partial charge >= 0.3 is 6.18 Å². The number of rotatable bonds is 6. The summed E-state index contributed by atoms with van der Waals surface area (Å²) in [5, 5.41) is 5.92. The van der Waals surface area contributed by atoms with Gasteiger partial charge in [-0.25, -0.2) is 9.07 Å². The molecule has 1 atom stereocenters. The third kappa shape index (κ3) is 4.24. The molecule has 2 aromatic carbocycles. The first-order valence-corrected chi connectivity index (χ1v) is 9.52. The molecule has 3 rings (SSSR count). The molecule has 0 spiro atoms. The van der Waals surface area contributed by atoms with E-state index in [-0.39, 0.29) is 11.5 Å². The first-order chi connectivity index (χ1) is 14.1. The smallest absolute Gasteiger partial charge is 0.352 e. The van der Waals surface area contributed by atoms with Crippen LogP contribution in [0.2, 0.25) is 0 Å². The summed E-state index contributed by atoms with van der Waals surface area (Å²) in [7, 11) is 0. The van der Waals surface area contributed by atoms with E-state index in [9.17, 15) is 27.2 Å². The van der Waals surface area contributed by atoms with Gasteiger partial charge < -0.3 is 5.32 Å². The maximum Gasteiger partial charge on any atom is 0.419 e. The van der Waals surface area contributed by atoms with Crippen molar-refractivity contribution in [2.45, 2.75) is 38.9 Å². The van der Waals surface area contributed by atoms with Crippen LogP contribution in [0, 0.1) is 5.82 Å². The molecule has 1 aromatic heterocycles. The third-order valence-electron chi connectivity index (χ3n) is 4.95. The molecule has 0 radical (unpaired) electrons. The molecule has 0 aliphatic heterocycles. The van der Waals surface area contributed by atoms with Gasteiger partial charge in [0, 0.05) is 12.1 Å². The van der Waals surface area contributed by atoms with Crippen molar-refractivity contribution in [1.82, 2.24) is 15.1 Å². The fourth-order valence-corrected chi connectivity index (χ4v) is 3.20. The Morgan fingerprint density at radius 2 is 1.93 bits per heavy atom. The topological polar surface area (TPSA) is 66.9 Å². The van der Waals surface area contributed by atoms with Gasteiger partial charge in [-0.2, -0.15) is 13.2 Å². The molecule has 5 nitrogen and oxygen atoms in total. The number of fused-ring (bicyclic) bond motifs is 1. The Kier molecular flexibility index (Phi) is 6.00. The van der Waals surface area contributed by atoms with Crippen molar-refractivity contribution in [3.05, 3.63) is 69.3 Å². The maximum atomic E-state index is 13.6. The van der Waals surface area contributed by atoms with Crippen LogP contribution in [0.5, 0.6) is 0 Å². The Labute approximate surface area is 169 Å². The summed E-state index contributed by atoms with van der Waals surface area (Å²) >= 11 is 0. The van der Waals surface area contributed by atoms with Crippen LogP contribution in [0.3, 0.4) is 0 Å². The quantitative estimate of drug-likeness (QED) is 0.449. The molecule has 1 amide bonds. The number of amides is 1. The van der Waals surface area contributed by atoms with E-state index in [0.29, 0.717) is 29.1 Å². The zero-order chi connectivity index (χ0) is 22.1. The molecule has 30 heavy (non-hydrogen) atoms. The number of nitrogens with zero attached hydrogens (tertiary/aromatic N) is 1. The maximum absolute atomic E-state index is 13.6. The van der Waals surface area contributed by atoms with E-state index in [1.807, 2.05) is 6.92 Å². The number of carbonyl (C=O) groups excluding carboxylic acids is 1. The number of hydrogen-bond acceptors (Lipinski definition) is 2. The molecule has 2 N–H and O–H groups in total. The molecule has 0 aliphatic carbocycles. The molecule has 0 saturated heterocycles. The Bertz CT molecular complexity index is 1130. The summed E-state index contributed by atoms with van der Waals surface area (Å²) in [6.07, 6.45) is -3.06. The second-order valence-electron chi connectivity index (χ2n) is 7.07. The second-order valence-corrected chi connectivity index (χ2v) is 7.07. The molecule has 160 valence electrons. The minimum Gasteiger partial charge on any atom is -0.352 e. The summed E-state index contributed by atoms with van der Waals surface area (Å²) in [5.74, 6) is -1.65. The predicted molar refractivity (Wildman–Crippen MR) is 105 cm³/mol. The normalized spacial score (nSPS) is 12.9. The molecular weight excluding hydrogens is 402 g/mol. The van der Waals surface area contributed by atoms with Gasteiger partial charge in [0.15, 0.2) is 0 Å². The lowest BCUT2D eigenvalue weighted by Crippen LogP contribution is -2.24. The highest BCUT2D eigenvalue weighted by molar-refractivity contribution is 5.97. The third-order valence-corrected chi connectivity index (χ3v) is 4.95. The van der Waals surface area contributed by atoms with Crippen molar-refractivity contribution < 1.29 is 22.4 Å². The van der Waals surface area contributed by atoms with Crippen LogP contribution in [-0.4, -0.2) is 22.2 Å². The van der Waals surface area contributed by atoms with Crippen LogP contribution in [0.1, 0.15) is 54.2 Å². The highest BCUT2D eigenvalue weighted by Crippen LogP contribution is 2.33. The van der Waals surface area contributed by atoms with Gasteiger partial charge in [0.25, 0.3) is 11.5 Å². The highest BCUT2D eigenvalue weighted by Gasteiger charge is 2.34. The molecular formula is C21H21F4N3O2. The molecule has 0 aliphatic rings. The van der Waals surface area contributed by atoms with E-state index in [2.05, 4.69) is 10.4 Å². The van der Waals surface area contributed by atoms with E-state index in [0.717, 1.165) is 23.6 Å². The van der Waals surface area contributed by atoms with Gasteiger partial charge in [-0.1, -0.05) is 19.4 Å². The lowest BCUT2D eigenvalue weighted by atomic mass is 10.0. The number of hydrogen-bond donors (Lipinski definition) is 2. The monoisotopic (exact) mass is 423 g/mol. The Morgan fingerprint density at radius 3 is 2.60 bits per heavy atom. The largest absolute Gasteiger partial charge is 0.419 e. The molecule has 0 bridgehead atoms. The fraction of sp³-hybridized carbons (Fsp3) is 0.333. The zero-order valence-corrected chi connectivity index (χ0v) is 16.4. The van der Waals surface area contributed by atoms with E-state index in [4.69, 9.17) is 0 Å². The predicted octanol–water partition coefficient (Wildman–Crippen LogP) is 4.63. The molecule has 0 saturated carbocycles. The van der Waals surface area contributed by atoms with Crippen molar-refractivity contribution in [2.24, 2.45) is 0 Å². The van der Waals surface area contributed by atoms with Crippen LogP contribution in [-0.2, 0) is 6.18 Å². The fourth-order valence-electron chi connectivity index (χ4n) is 3.20. The number of halogens is 4. The van der Waals surface area contributed by atoms with Crippen molar-refractivity contribution in [1.29, 1.82) is 0 Å². The number of aromatic amines is 1. The Balaban J connectivity index is 1.96. The van der Waals surface area contributed by atoms with Crippen molar-refractivity contribution in [3.63, 3.8) is 0 Å². The average molecular weight is 423 g/mol. The molecule has 1 heterocycles. The lowest BCUT2D eigenvalue weighted by molar-refractivity contribution is -0.140. The standard InChI is InChI=1S/C21H21F4N3O2/c1-3-4-9-26-19(29)14-5-7-15-18(11-14)27-28(20(15)30)12(2)13-6-8-17(22)16(10-13)21(23,24)25/h5-8,10-12,27H,3-4,9H2,1-2H3,(H,26,29).